The van der Waals surface area contributed by atoms with Crippen molar-refractivity contribution >= 4 is 37.1 Å². The van der Waals surface area contributed by atoms with E-state index in [1.54, 1.807) is 12.1 Å². The van der Waals surface area contributed by atoms with Crippen molar-refractivity contribution in [2.24, 2.45) is 10.4 Å². The number of hydrogen-bond donors (Lipinski definition) is 0. The predicted octanol–water partition coefficient (Wildman–Crippen LogP) is 3.33. The first kappa shape index (κ1) is 25.5. The third-order valence-electron chi connectivity index (χ3n) is 7.08. The second-order valence-corrected chi connectivity index (χ2v) is 14.6. The van der Waals surface area contributed by atoms with Gasteiger partial charge in [-0.25, -0.2) is 16.8 Å². The van der Waals surface area contributed by atoms with E-state index in [-0.39, 0.29) is 35.5 Å². The SMILES string of the molecule is CN1S(=O)(=O)CC(c2ccc(CC(=O)C3=NC=C(C#N)C3)c(C3=CCC(C)(C)CC3)c2)CS1(=O)=O. The van der Waals surface area contributed by atoms with E-state index in [4.69, 9.17) is 5.26 Å². The zero-order chi connectivity index (χ0) is 25.6. The van der Waals surface area contributed by atoms with Gasteiger partial charge >= 0.3 is 0 Å². The molecule has 4 rings (SSSR count). The van der Waals surface area contributed by atoms with Crippen LogP contribution < -0.4 is 0 Å². The third-order valence-corrected chi connectivity index (χ3v) is 11.7. The van der Waals surface area contributed by atoms with Gasteiger partial charge in [-0.05, 0) is 46.9 Å². The summed E-state index contributed by atoms with van der Waals surface area (Å²) in [5, 5.41) is 9.06. The molecular formula is C25H29N3O5S2. The zero-order valence-corrected chi connectivity index (χ0v) is 21.7. The highest BCUT2D eigenvalue weighted by Gasteiger charge is 2.41. The number of carbonyl (C=O) groups excluding carboxylic acids is 1. The first-order chi connectivity index (χ1) is 16.3. The molecule has 0 bridgehead atoms. The quantitative estimate of drug-likeness (QED) is 0.592. The van der Waals surface area contributed by atoms with Gasteiger partial charge in [0.2, 0.25) is 20.0 Å². The number of nitriles is 1. The van der Waals surface area contributed by atoms with Crippen LogP contribution in [0.2, 0.25) is 0 Å². The van der Waals surface area contributed by atoms with Gasteiger partial charge in [0.1, 0.15) is 0 Å². The average molecular weight is 516 g/mol. The smallest absolute Gasteiger partial charge is 0.227 e. The summed E-state index contributed by atoms with van der Waals surface area (Å²) in [5.74, 6) is -1.42. The van der Waals surface area contributed by atoms with E-state index in [9.17, 15) is 21.6 Å². The van der Waals surface area contributed by atoms with Crippen LogP contribution in [0.4, 0.5) is 0 Å². The number of allylic oxidation sites excluding steroid dienone is 3. The Labute approximate surface area is 207 Å². The first-order valence-corrected chi connectivity index (χ1v) is 14.7. The lowest BCUT2D eigenvalue weighted by molar-refractivity contribution is -0.112. The van der Waals surface area contributed by atoms with Crippen LogP contribution in [0, 0.1) is 16.7 Å². The Morgan fingerprint density at radius 3 is 2.46 bits per heavy atom. The molecule has 3 aliphatic rings. The molecule has 0 amide bonds. The van der Waals surface area contributed by atoms with Crippen molar-refractivity contribution in [1.82, 2.24) is 3.71 Å². The van der Waals surface area contributed by atoms with E-state index in [1.807, 2.05) is 12.1 Å². The number of rotatable bonds is 5. The van der Waals surface area contributed by atoms with Gasteiger partial charge in [0.05, 0.1) is 28.9 Å². The molecule has 35 heavy (non-hydrogen) atoms. The van der Waals surface area contributed by atoms with E-state index < -0.39 is 26.0 Å². The maximum atomic E-state index is 13.0. The van der Waals surface area contributed by atoms with Gasteiger partial charge in [-0.3, -0.25) is 9.79 Å². The zero-order valence-electron chi connectivity index (χ0n) is 20.1. The maximum Gasteiger partial charge on any atom is 0.227 e. The summed E-state index contributed by atoms with van der Waals surface area (Å²) in [6.07, 6.45) is 6.57. The van der Waals surface area contributed by atoms with Gasteiger partial charge in [-0.1, -0.05) is 41.8 Å². The van der Waals surface area contributed by atoms with Crippen molar-refractivity contribution in [1.29, 1.82) is 5.26 Å². The number of nitrogens with zero attached hydrogens (tertiary/aromatic N) is 3. The normalized spacial score (nSPS) is 23.7. The highest BCUT2D eigenvalue weighted by Crippen LogP contribution is 2.40. The number of benzene rings is 1. The monoisotopic (exact) mass is 515 g/mol. The van der Waals surface area contributed by atoms with Crippen LogP contribution in [0.5, 0.6) is 0 Å². The minimum atomic E-state index is -3.94. The molecule has 0 unspecified atom stereocenters. The third kappa shape index (κ3) is 5.32. The Kier molecular flexibility index (Phi) is 6.64. The molecule has 186 valence electrons. The lowest BCUT2D eigenvalue weighted by Crippen LogP contribution is -2.45. The van der Waals surface area contributed by atoms with Crippen LogP contribution in [0.1, 0.15) is 62.1 Å². The molecule has 1 aromatic rings. The molecule has 1 aromatic carbocycles. The molecule has 0 saturated carbocycles. The molecule has 10 heteroatoms. The van der Waals surface area contributed by atoms with Crippen molar-refractivity contribution in [2.45, 2.75) is 51.9 Å². The highest BCUT2D eigenvalue weighted by atomic mass is 32.3. The fourth-order valence-corrected chi connectivity index (χ4v) is 8.65. The maximum absolute atomic E-state index is 13.0. The number of ketones is 1. The molecule has 0 N–H and O–H groups in total. The molecule has 1 saturated heterocycles. The van der Waals surface area contributed by atoms with E-state index in [1.165, 1.54) is 6.20 Å². The number of Topliss-reactive ketones (excluding diaryl/α,β-unsaturated/α-hetero) is 1. The van der Waals surface area contributed by atoms with E-state index in [0.29, 0.717) is 20.6 Å². The molecule has 8 nitrogen and oxygen atoms in total. The molecule has 2 heterocycles. The standard InChI is InChI=1S/C25H29N3O5S2/c1-25(2)8-6-18(7-9-25)22-11-19(21-15-34(30,31)28(3)35(32,33)16-21)4-5-20(22)12-24(29)23-10-17(13-26)14-27-23/h4-6,11,14,21H,7-10,12,15-16H2,1-3H3. The summed E-state index contributed by atoms with van der Waals surface area (Å²) < 4.78 is 50.5. The van der Waals surface area contributed by atoms with Gasteiger partial charge in [0.25, 0.3) is 0 Å². The van der Waals surface area contributed by atoms with Gasteiger partial charge in [-0.15, -0.1) is 0 Å². The topological polar surface area (TPSA) is 125 Å². The van der Waals surface area contributed by atoms with Crippen molar-refractivity contribution in [3.63, 3.8) is 0 Å². The molecule has 0 radical (unpaired) electrons. The summed E-state index contributed by atoms with van der Waals surface area (Å²) >= 11 is 0. The van der Waals surface area contributed by atoms with Crippen LogP contribution in [0.3, 0.4) is 0 Å². The summed E-state index contributed by atoms with van der Waals surface area (Å²) in [5.41, 5.74) is 4.33. The molecule has 1 fully saturated rings. The van der Waals surface area contributed by atoms with E-state index >= 15 is 0 Å². The van der Waals surface area contributed by atoms with Crippen molar-refractivity contribution in [2.75, 3.05) is 18.6 Å². The fraction of sp³-hybridized carbons (Fsp3) is 0.480. The number of aliphatic imine (C=N–C) groups is 1. The molecule has 1 aliphatic carbocycles. The Bertz CT molecular complexity index is 1390. The number of hydrogen-bond acceptors (Lipinski definition) is 7. The predicted molar refractivity (Wildman–Crippen MR) is 135 cm³/mol. The van der Waals surface area contributed by atoms with Crippen LogP contribution in [0.25, 0.3) is 5.57 Å². The van der Waals surface area contributed by atoms with Gasteiger partial charge in [0, 0.05) is 32.0 Å². The molecule has 0 spiro atoms. The summed E-state index contributed by atoms with van der Waals surface area (Å²) in [7, 11) is -6.80. The van der Waals surface area contributed by atoms with Gasteiger partial charge in [-0.2, -0.15) is 5.26 Å². The van der Waals surface area contributed by atoms with Crippen LogP contribution in [-0.2, 0) is 31.3 Å². The molecule has 0 atom stereocenters. The first-order valence-electron chi connectivity index (χ1n) is 11.5. The van der Waals surface area contributed by atoms with Crippen LogP contribution in [-0.4, -0.2) is 50.6 Å². The lowest BCUT2D eigenvalue weighted by atomic mass is 9.76. The second kappa shape index (κ2) is 9.12. The van der Waals surface area contributed by atoms with Crippen molar-refractivity contribution in [3.8, 4) is 6.07 Å². The average Bonchev–Trinajstić information content (AvgIpc) is 3.27. The van der Waals surface area contributed by atoms with Crippen LogP contribution in [0.15, 0.2) is 41.0 Å². The molecule has 0 aromatic heterocycles. The van der Waals surface area contributed by atoms with Crippen molar-refractivity contribution in [3.05, 3.63) is 52.7 Å². The molecular weight excluding hydrogens is 486 g/mol. The van der Waals surface area contributed by atoms with E-state index in [0.717, 1.165) is 43.0 Å². The van der Waals surface area contributed by atoms with Gasteiger partial charge < -0.3 is 0 Å². The Morgan fingerprint density at radius 1 is 1.20 bits per heavy atom. The van der Waals surface area contributed by atoms with Gasteiger partial charge in [0.15, 0.2) is 5.78 Å². The van der Waals surface area contributed by atoms with E-state index in [2.05, 4.69) is 24.9 Å². The largest absolute Gasteiger partial charge is 0.292 e. The summed E-state index contributed by atoms with van der Waals surface area (Å²) in [4.78, 5) is 17.1. The van der Waals surface area contributed by atoms with Crippen molar-refractivity contribution < 1.29 is 21.6 Å². The number of carbonyl (C=O) groups is 1. The minimum absolute atomic E-state index is 0.103. The lowest BCUT2D eigenvalue weighted by Gasteiger charge is -2.31. The Hall–Kier alpha value is -2.61. The second-order valence-electron chi connectivity index (χ2n) is 10.3. The number of sulfonamides is 2. The summed E-state index contributed by atoms with van der Waals surface area (Å²) in [6, 6.07) is 7.42. The highest BCUT2D eigenvalue weighted by molar-refractivity contribution is 8.04. The van der Waals surface area contributed by atoms with Crippen LogP contribution >= 0.6 is 0 Å². The fourth-order valence-electron chi connectivity index (χ4n) is 4.70. The minimum Gasteiger partial charge on any atom is -0.292 e. The Balaban J connectivity index is 1.70. The summed E-state index contributed by atoms with van der Waals surface area (Å²) in [6.45, 7) is 4.40. The Morgan fingerprint density at radius 2 is 1.89 bits per heavy atom. The molecule has 2 aliphatic heterocycles.